The monoisotopic (exact) mass is 535 g/mol. The number of furan rings is 1. The van der Waals surface area contributed by atoms with Crippen molar-refractivity contribution in [3.63, 3.8) is 0 Å². The molecule has 7 heteroatoms. The molecule has 1 saturated heterocycles. The molecule has 4 aromatic carbocycles. The smallest absolute Gasteiger partial charge is 0.456 e. The molecule has 0 unspecified atom stereocenters. The minimum absolute atomic E-state index is 0.0574. The van der Waals surface area contributed by atoms with Crippen LogP contribution in [0.5, 0.6) is 0 Å². The molecule has 1 fully saturated rings. The number of nitrogens with zero attached hydrogens (tertiary/aromatic N) is 3. The zero-order valence-electron chi connectivity index (χ0n) is 32.1. The van der Waals surface area contributed by atoms with Gasteiger partial charge in [-0.05, 0) is 45.3 Å². The molecule has 196 valence electrons. The fourth-order valence-electron chi connectivity index (χ4n) is 4.60. The number of benzene rings is 4. The van der Waals surface area contributed by atoms with Gasteiger partial charge in [0.2, 0.25) is 0 Å². The zero-order chi connectivity index (χ0) is 36.2. The highest BCUT2D eigenvalue weighted by Gasteiger charge is 2.51. The Balaban J connectivity index is 1.53. The SMILES string of the molecule is [2H]c1c([2H])c([2H])c(-c2nc(-c3c([2H])c([2H])c([2H])c([2H])c3[2H])nc(-c3cccc4oc5ccc(B6OC(C)(C)C(C)(C)O6)cc5c34)n2)c([2H])c1[2H]. The van der Waals surface area contributed by atoms with E-state index in [2.05, 4.69) is 15.0 Å². The molecule has 6 aromatic rings. The van der Waals surface area contributed by atoms with Gasteiger partial charge in [-0.15, -0.1) is 0 Å². The van der Waals surface area contributed by atoms with Gasteiger partial charge in [0.05, 0.1) is 24.9 Å². The quantitative estimate of drug-likeness (QED) is 0.225. The average Bonchev–Trinajstić information content (AvgIpc) is 3.56. The van der Waals surface area contributed by atoms with Crippen LogP contribution < -0.4 is 5.46 Å². The Morgan fingerprint density at radius 3 is 1.85 bits per heavy atom. The van der Waals surface area contributed by atoms with Gasteiger partial charge in [-0.3, -0.25) is 0 Å². The van der Waals surface area contributed by atoms with Gasteiger partial charge in [0, 0.05) is 27.5 Å². The van der Waals surface area contributed by atoms with Gasteiger partial charge in [0.25, 0.3) is 0 Å². The molecule has 0 aliphatic carbocycles. The third-order valence-electron chi connectivity index (χ3n) is 7.37. The standard InChI is InChI=1S/C33H28BN3O3/c1-32(2)33(3,4)40-34(39-32)23-18-19-26-25(20-23)28-24(16-11-17-27(28)38-26)31-36-29(21-12-7-5-8-13-21)35-30(37-31)22-14-9-6-10-15-22/h5-20H,1-4H3/i5D,6D,7D,8D,9D,10D,12D,13D,14D,15D. The van der Waals surface area contributed by atoms with E-state index in [0.29, 0.717) is 27.5 Å². The van der Waals surface area contributed by atoms with Crippen molar-refractivity contribution in [1.29, 1.82) is 0 Å². The number of rotatable bonds is 4. The van der Waals surface area contributed by atoms with Gasteiger partial charge in [0.15, 0.2) is 17.5 Å². The van der Waals surface area contributed by atoms with Crippen LogP contribution >= 0.6 is 0 Å². The Morgan fingerprint density at radius 1 is 0.675 bits per heavy atom. The third-order valence-corrected chi connectivity index (χ3v) is 7.37. The Labute approximate surface area is 247 Å². The summed E-state index contributed by atoms with van der Waals surface area (Å²) in [5.74, 6) is -0.758. The molecule has 3 heterocycles. The lowest BCUT2D eigenvalue weighted by Crippen LogP contribution is -2.41. The first-order valence-corrected chi connectivity index (χ1v) is 12.7. The molecule has 0 N–H and O–H groups in total. The lowest BCUT2D eigenvalue weighted by molar-refractivity contribution is 0.00578. The summed E-state index contributed by atoms with van der Waals surface area (Å²) < 4.78 is 102. The second kappa shape index (κ2) is 9.12. The average molecular weight is 535 g/mol. The highest BCUT2D eigenvalue weighted by molar-refractivity contribution is 6.62. The van der Waals surface area contributed by atoms with E-state index in [0.717, 1.165) is 5.46 Å². The fourth-order valence-corrected chi connectivity index (χ4v) is 4.60. The first-order valence-electron chi connectivity index (χ1n) is 17.7. The predicted molar refractivity (Wildman–Crippen MR) is 159 cm³/mol. The van der Waals surface area contributed by atoms with Crippen LogP contribution in [0.2, 0.25) is 0 Å². The first kappa shape index (κ1) is 16.1. The summed E-state index contributed by atoms with van der Waals surface area (Å²) in [4.78, 5) is 13.6. The van der Waals surface area contributed by atoms with E-state index in [-0.39, 0.29) is 28.6 Å². The number of hydrogen-bond donors (Lipinski definition) is 0. The molecule has 0 bridgehead atoms. The summed E-state index contributed by atoms with van der Waals surface area (Å²) in [5, 5.41) is 1.21. The largest absolute Gasteiger partial charge is 0.494 e. The summed E-state index contributed by atoms with van der Waals surface area (Å²) >= 11 is 0. The summed E-state index contributed by atoms with van der Waals surface area (Å²) in [6.45, 7) is 7.82. The highest BCUT2D eigenvalue weighted by Crippen LogP contribution is 2.39. The van der Waals surface area contributed by atoms with Crippen molar-refractivity contribution in [3.8, 4) is 34.2 Å². The Kier molecular flexibility index (Phi) is 3.66. The van der Waals surface area contributed by atoms with Crippen LogP contribution in [0.15, 0.2) is 101 Å². The highest BCUT2D eigenvalue weighted by atomic mass is 16.7. The van der Waals surface area contributed by atoms with Crippen molar-refractivity contribution < 1.29 is 27.4 Å². The van der Waals surface area contributed by atoms with Crippen LogP contribution in [0.25, 0.3) is 56.1 Å². The zero-order valence-corrected chi connectivity index (χ0v) is 22.1. The molecule has 40 heavy (non-hydrogen) atoms. The van der Waals surface area contributed by atoms with Crippen LogP contribution in [0.1, 0.15) is 41.4 Å². The van der Waals surface area contributed by atoms with Gasteiger partial charge < -0.3 is 13.7 Å². The molecule has 0 spiro atoms. The van der Waals surface area contributed by atoms with Crippen molar-refractivity contribution in [2.75, 3.05) is 0 Å². The van der Waals surface area contributed by atoms with Crippen molar-refractivity contribution in [2.24, 2.45) is 0 Å². The molecule has 2 aromatic heterocycles. The van der Waals surface area contributed by atoms with Gasteiger partial charge >= 0.3 is 7.12 Å². The van der Waals surface area contributed by atoms with Crippen LogP contribution in [0.4, 0.5) is 0 Å². The van der Waals surface area contributed by atoms with Crippen LogP contribution in [0.3, 0.4) is 0 Å². The summed E-state index contributed by atoms with van der Waals surface area (Å²) in [6.07, 6.45) is 0. The summed E-state index contributed by atoms with van der Waals surface area (Å²) in [6, 6.07) is 4.63. The van der Waals surface area contributed by atoms with Gasteiger partial charge in [0.1, 0.15) is 11.2 Å². The maximum absolute atomic E-state index is 8.61. The number of fused-ring (bicyclic) bond motifs is 3. The molecule has 1 aliphatic rings. The number of hydrogen-bond acceptors (Lipinski definition) is 6. The van der Waals surface area contributed by atoms with E-state index in [1.54, 1.807) is 24.3 Å². The van der Waals surface area contributed by atoms with E-state index in [1.165, 1.54) is 0 Å². The third kappa shape index (κ3) is 4.10. The van der Waals surface area contributed by atoms with E-state index in [1.807, 2.05) is 39.8 Å². The second-order valence-corrected chi connectivity index (χ2v) is 10.4. The molecule has 1 aliphatic heterocycles. The molecular formula is C33H28BN3O3. The van der Waals surface area contributed by atoms with Crippen molar-refractivity contribution in [2.45, 2.75) is 38.9 Å². The number of aromatic nitrogens is 3. The second-order valence-electron chi connectivity index (χ2n) is 10.4. The predicted octanol–water partition coefficient (Wildman–Crippen LogP) is 7.07. The molecule has 0 saturated carbocycles. The van der Waals surface area contributed by atoms with Crippen LogP contribution in [-0.2, 0) is 9.31 Å². The van der Waals surface area contributed by atoms with Crippen molar-refractivity contribution >= 4 is 34.5 Å². The molecular weight excluding hydrogens is 497 g/mol. The Morgan fingerprint density at radius 2 is 1.25 bits per heavy atom. The van der Waals surface area contributed by atoms with E-state index < -0.39 is 78.7 Å². The van der Waals surface area contributed by atoms with E-state index >= 15 is 0 Å². The topological polar surface area (TPSA) is 70.3 Å². The molecule has 7 rings (SSSR count). The maximum Gasteiger partial charge on any atom is 0.494 e. The minimum atomic E-state index is -0.676. The molecule has 6 nitrogen and oxygen atoms in total. The molecule has 0 amide bonds. The van der Waals surface area contributed by atoms with E-state index in [9.17, 15) is 0 Å². The minimum Gasteiger partial charge on any atom is -0.456 e. The normalized spacial score (nSPS) is 19.6. The lowest BCUT2D eigenvalue weighted by atomic mass is 9.78. The van der Waals surface area contributed by atoms with Crippen LogP contribution in [0, 0.1) is 0 Å². The van der Waals surface area contributed by atoms with Crippen molar-refractivity contribution in [3.05, 3.63) is 96.8 Å². The van der Waals surface area contributed by atoms with Crippen molar-refractivity contribution in [1.82, 2.24) is 15.0 Å². The summed E-state index contributed by atoms with van der Waals surface area (Å²) in [5.41, 5.74) is 0.236. The maximum atomic E-state index is 8.61. The Bertz CT molecular complexity index is 2270. The fraction of sp³-hybridized carbons (Fsp3) is 0.182. The molecule has 0 radical (unpaired) electrons. The lowest BCUT2D eigenvalue weighted by Gasteiger charge is -2.32. The first-order chi connectivity index (χ1) is 23.4. The summed E-state index contributed by atoms with van der Waals surface area (Å²) in [7, 11) is -0.676. The van der Waals surface area contributed by atoms with E-state index in [4.69, 9.17) is 27.4 Å². The molecule has 0 atom stereocenters. The van der Waals surface area contributed by atoms with Crippen LogP contribution in [-0.4, -0.2) is 33.3 Å². The van der Waals surface area contributed by atoms with Gasteiger partial charge in [-0.1, -0.05) is 84.7 Å². The Hall–Kier alpha value is -4.33. The van der Waals surface area contributed by atoms with Gasteiger partial charge in [-0.25, -0.2) is 15.0 Å². The van der Waals surface area contributed by atoms with Gasteiger partial charge in [-0.2, -0.15) is 0 Å².